The second-order valence-corrected chi connectivity index (χ2v) is 7.62. The standard InChI is InChI=1S/C21H24N6O2/c1-22-19-11-17(15-5-4-6-16(25-15)18-7-2-3-10-29-18)26-20-14(12-23-27(19)20)21(28)24-13-8-9-13/h4-6,11-13,18,22H,2-3,7-10H2,1H3,(H,24,28)/t18-/m0/s1. The highest BCUT2D eigenvalue weighted by molar-refractivity contribution is 6.00. The summed E-state index contributed by atoms with van der Waals surface area (Å²) in [5, 5.41) is 10.5. The normalized spacial score (nSPS) is 19.3. The Morgan fingerprint density at radius 1 is 1.17 bits per heavy atom. The molecule has 0 aromatic carbocycles. The summed E-state index contributed by atoms with van der Waals surface area (Å²) in [6.07, 6.45) is 6.92. The van der Waals surface area contributed by atoms with Crippen LogP contribution in [0.3, 0.4) is 0 Å². The smallest absolute Gasteiger partial charge is 0.256 e. The molecule has 2 aliphatic rings. The van der Waals surface area contributed by atoms with E-state index in [9.17, 15) is 4.79 Å². The van der Waals surface area contributed by atoms with Crippen LogP contribution in [-0.4, -0.2) is 45.2 Å². The first-order chi connectivity index (χ1) is 14.2. The molecule has 1 aliphatic heterocycles. The highest BCUT2D eigenvalue weighted by atomic mass is 16.5. The van der Waals surface area contributed by atoms with Crippen molar-refractivity contribution in [2.45, 2.75) is 44.2 Å². The summed E-state index contributed by atoms with van der Waals surface area (Å²) in [5.41, 5.74) is 3.37. The molecule has 0 unspecified atom stereocenters. The Labute approximate surface area is 168 Å². The van der Waals surface area contributed by atoms with Gasteiger partial charge in [-0.05, 0) is 44.2 Å². The Kier molecular flexibility index (Phi) is 4.63. The fraction of sp³-hybridized carbons (Fsp3) is 0.429. The molecule has 4 heterocycles. The predicted octanol–water partition coefficient (Wildman–Crippen LogP) is 2.97. The topological polar surface area (TPSA) is 93.4 Å². The zero-order valence-electron chi connectivity index (χ0n) is 16.4. The Morgan fingerprint density at radius 3 is 2.83 bits per heavy atom. The SMILES string of the molecule is CNc1cc(-c2cccc([C@@H]3CCCCO3)n2)nc2c(C(=O)NC3CC3)cnn12. The lowest BCUT2D eigenvalue weighted by atomic mass is 10.1. The van der Waals surface area contributed by atoms with Gasteiger partial charge in [0, 0.05) is 25.8 Å². The van der Waals surface area contributed by atoms with Crippen LogP contribution in [0.1, 0.15) is 54.3 Å². The van der Waals surface area contributed by atoms with Crippen LogP contribution in [0.4, 0.5) is 5.82 Å². The molecule has 150 valence electrons. The van der Waals surface area contributed by atoms with Gasteiger partial charge in [-0.3, -0.25) is 4.79 Å². The molecule has 1 amide bonds. The maximum atomic E-state index is 12.6. The average Bonchev–Trinajstić information content (AvgIpc) is 3.48. The summed E-state index contributed by atoms with van der Waals surface area (Å²) in [5.74, 6) is 0.614. The molecular formula is C21H24N6O2. The van der Waals surface area contributed by atoms with E-state index in [1.807, 2.05) is 31.3 Å². The molecule has 5 rings (SSSR count). The van der Waals surface area contributed by atoms with Crippen molar-refractivity contribution in [2.75, 3.05) is 19.0 Å². The van der Waals surface area contributed by atoms with Crippen molar-refractivity contribution >= 4 is 17.4 Å². The van der Waals surface area contributed by atoms with E-state index >= 15 is 0 Å². The number of fused-ring (bicyclic) bond motifs is 1. The number of nitrogens with one attached hydrogen (secondary N) is 2. The molecular weight excluding hydrogens is 368 g/mol. The number of hydrogen-bond donors (Lipinski definition) is 2. The van der Waals surface area contributed by atoms with Crippen LogP contribution in [0.15, 0.2) is 30.5 Å². The number of pyridine rings is 1. The number of hydrogen-bond acceptors (Lipinski definition) is 6. The van der Waals surface area contributed by atoms with E-state index < -0.39 is 0 Å². The second kappa shape index (κ2) is 7.44. The summed E-state index contributed by atoms with van der Waals surface area (Å²) in [4.78, 5) is 22.2. The number of anilines is 1. The van der Waals surface area contributed by atoms with Gasteiger partial charge in [0.2, 0.25) is 0 Å². The number of ether oxygens (including phenoxy) is 1. The van der Waals surface area contributed by atoms with Gasteiger partial charge in [-0.2, -0.15) is 9.61 Å². The molecule has 2 N–H and O–H groups in total. The number of nitrogens with zero attached hydrogens (tertiary/aromatic N) is 4. The second-order valence-electron chi connectivity index (χ2n) is 7.62. The average molecular weight is 392 g/mol. The predicted molar refractivity (Wildman–Crippen MR) is 109 cm³/mol. The number of aromatic nitrogens is 4. The first kappa shape index (κ1) is 18.1. The summed E-state index contributed by atoms with van der Waals surface area (Å²) in [6.45, 7) is 0.778. The van der Waals surface area contributed by atoms with Gasteiger partial charge in [0.1, 0.15) is 11.4 Å². The molecule has 3 aromatic heterocycles. The van der Waals surface area contributed by atoms with Crippen molar-refractivity contribution in [1.29, 1.82) is 0 Å². The number of carbonyl (C=O) groups excluding carboxylic acids is 1. The highest BCUT2D eigenvalue weighted by Crippen LogP contribution is 2.29. The van der Waals surface area contributed by atoms with E-state index in [4.69, 9.17) is 14.7 Å². The van der Waals surface area contributed by atoms with Gasteiger partial charge < -0.3 is 15.4 Å². The lowest BCUT2D eigenvalue weighted by molar-refractivity contribution is 0.0124. The zero-order chi connectivity index (χ0) is 19.8. The molecule has 8 heteroatoms. The summed E-state index contributed by atoms with van der Waals surface area (Å²) < 4.78 is 7.54. The van der Waals surface area contributed by atoms with E-state index in [0.29, 0.717) is 16.9 Å². The lowest BCUT2D eigenvalue weighted by Crippen LogP contribution is -2.25. The molecule has 1 saturated heterocycles. The maximum absolute atomic E-state index is 12.6. The lowest BCUT2D eigenvalue weighted by Gasteiger charge is -2.22. The highest BCUT2D eigenvalue weighted by Gasteiger charge is 2.26. The first-order valence-corrected chi connectivity index (χ1v) is 10.2. The summed E-state index contributed by atoms with van der Waals surface area (Å²) >= 11 is 0. The minimum atomic E-state index is -0.133. The van der Waals surface area contributed by atoms with Crippen molar-refractivity contribution in [1.82, 2.24) is 24.9 Å². The summed E-state index contributed by atoms with van der Waals surface area (Å²) in [6, 6.07) is 8.10. The van der Waals surface area contributed by atoms with Crippen LogP contribution in [0.5, 0.6) is 0 Å². The van der Waals surface area contributed by atoms with E-state index in [1.165, 1.54) is 0 Å². The Balaban J connectivity index is 1.55. The largest absolute Gasteiger partial charge is 0.373 e. The van der Waals surface area contributed by atoms with E-state index in [1.54, 1.807) is 10.7 Å². The quantitative estimate of drug-likeness (QED) is 0.693. The number of rotatable bonds is 5. The van der Waals surface area contributed by atoms with Crippen LogP contribution in [0, 0.1) is 0 Å². The third kappa shape index (κ3) is 3.55. The minimum Gasteiger partial charge on any atom is -0.373 e. The Hall–Kier alpha value is -3.00. The van der Waals surface area contributed by atoms with Crippen LogP contribution in [0.25, 0.3) is 17.0 Å². The van der Waals surface area contributed by atoms with Crippen LogP contribution in [0.2, 0.25) is 0 Å². The molecule has 1 saturated carbocycles. The molecule has 8 nitrogen and oxygen atoms in total. The van der Waals surface area contributed by atoms with Crippen molar-refractivity contribution < 1.29 is 9.53 Å². The zero-order valence-corrected chi connectivity index (χ0v) is 16.4. The van der Waals surface area contributed by atoms with Crippen LogP contribution in [-0.2, 0) is 4.74 Å². The number of amides is 1. The fourth-order valence-electron chi connectivity index (χ4n) is 3.67. The van der Waals surface area contributed by atoms with E-state index in [-0.39, 0.29) is 18.1 Å². The summed E-state index contributed by atoms with van der Waals surface area (Å²) in [7, 11) is 1.82. The fourth-order valence-corrected chi connectivity index (χ4v) is 3.67. The molecule has 0 bridgehead atoms. The molecule has 1 atom stereocenters. The molecule has 0 spiro atoms. The Morgan fingerprint density at radius 2 is 2.07 bits per heavy atom. The van der Waals surface area contributed by atoms with Gasteiger partial charge in [-0.25, -0.2) is 9.97 Å². The minimum absolute atomic E-state index is 0.0334. The maximum Gasteiger partial charge on any atom is 0.256 e. The van der Waals surface area contributed by atoms with Gasteiger partial charge in [0.15, 0.2) is 5.65 Å². The van der Waals surface area contributed by atoms with E-state index in [0.717, 1.165) is 55.9 Å². The van der Waals surface area contributed by atoms with Crippen LogP contribution < -0.4 is 10.6 Å². The third-order valence-corrected chi connectivity index (χ3v) is 5.43. The van der Waals surface area contributed by atoms with Gasteiger partial charge in [-0.15, -0.1) is 0 Å². The molecule has 3 aromatic rings. The van der Waals surface area contributed by atoms with Gasteiger partial charge in [-0.1, -0.05) is 6.07 Å². The Bertz CT molecular complexity index is 1050. The number of carbonyl (C=O) groups is 1. The molecule has 0 radical (unpaired) electrons. The molecule has 29 heavy (non-hydrogen) atoms. The van der Waals surface area contributed by atoms with Gasteiger partial charge in [0.05, 0.1) is 29.4 Å². The third-order valence-electron chi connectivity index (χ3n) is 5.43. The van der Waals surface area contributed by atoms with Crippen molar-refractivity contribution in [3.8, 4) is 11.4 Å². The van der Waals surface area contributed by atoms with Gasteiger partial charge in [0.25, 0.3) is 5.91 Å². The van der Waals surface area contributed by atoms with Crippen molar-refractivity contribution in [3.63, 3.8) is 0 Å². The van der Waals surface area contributed by atoms with Crippen molar-refractivity contribution in [2.24, 2.45) is 0 Å². The van der Waals surface area contributed by atoms with Crippen molar-refractivity contribution in [3.05, 3.63) is 41.7 Å². The first-order valence-electron chi connectivity index (χ1n) is 10.2. The van der Waals surface area contributed by atoms with Crippen LogP contribution >= 0.6 is 0 Å². The molecule has 1 aliphatic carbocycles. The van der Waals surface area contributed by atoms with E-state index in [2.05, 4.69) is 15.7 Å². The van der Waals surface area contributed by atoms with Gasteiger partial charge >= 0.3 is 0 Å². The molecule has 2 fully saturated rings. The monoisotopic (exact) mass is 392 g/mol.